The van der Waals surface area contributed by atoms with Crippen LogP contribution in [0.1, 0.15) is 47.1 Å². The van der Waals surface area contributed by atoms with Crippen LogP contribution in [0.4, 0.5) is 11.4 Å². The number of amides is 1. The van der Waals surface area contributed by atoms with Crippen molar-refractivity contribution in [3.05, 3.63) is 21.3 Å². The molecule has 1 aromatic rings. The van der Waals surface area contributed by atoms with Gasteiger partial charge >= 0.3 is 0 Å². The molecule has 1 atom stereocenters. The molecule has 1 amide bonds. The van der Waals surface area contributed by atoms with Gasteiger partial charge in [0.05, 0.1) is 5.69 Å². The lowest BCUT2D eigenvalue weighted by molar-refractivity contribution is -0.114. The molecule has 1 unspecified atom stereocenters. The number of nitrogens with one attached hydrogen (secondary N) is 1. The van der Waals surface area contributed by atoms with E-state index in [0.717, 1.165) is 9.26 Å². The minimum atomic E-state index is -0.0238. The van der Waals surface area contributed by atoms with Crippen molar-refractivity contribution in [2.75, 3.05) is 10.2 Å². The molecule has 20 heavy (non-hydrogen) atoms. The Hall–Kier alpha value is -0.780. The molecule has 110 valence electrons. The number of anilines is 2. The first kappa shape index (κ1) is 15.6. The maximum atomic E-state index is 11.3. The van der Waals surface area contributed by atoms with E-state index in [1.165, 1.54) is 11.3 Å². The predicted octanol–water partition coefficient (Wildman–Crippen LogP) is 4.14. The summed E-state index contributed by atoms with van der Waals surface area (Å²) in [5.74, 6) is -0.0238. The molecule has 0 spiro atoms. The minimum absolute atomic E-state index is 0.0238. The second-order valence-corrected chi connectivity index (χ2v) is 7.59. The van der Waals surface area contributed by atoms with Gasteiger partial charge in [-0.15, -0.1) is 0 Å². The fraction of sp³-hybridized carbons (Fsp3) is 0.562. The molecule has 0 bridgehead atoms. The van der Waals surface area contributed by atoms with Crippen molar-refractivity contribution < 1.29 is 4.79 Å². The number of carbonyl (C=O) groups is 1. The molecule has 0 aliphatic carbocycles. The molecule has 0 fully saturated rings. The Morgan fingerprint density at radius 1 is 1.40 bits per heavy atom. The van der Waals surface area contributed by atoms with E-state index < -0.39 is 0 Å². The Bertz CT molecular complexity index is 552. The van der Waals surface area contributed by atoms with Crippen LogP contribution in [0.15, 0.2) is 12.1 Å². The summed E-state index contributed by atoms with van der Waals surface area (Å²) < 4.78 is 1.10. The summed E-state index contributed by atoms with van der Waals surface area (Å²) in [4.78, 5) is 13.8. The summed E-state index contributed by atoms with van der Waals surface area (Å²) >= 11 is 2.30. The molecule has 0 saturated heterocycles. The standard InChI is InChI=1S/C16H23IN2O/c1-9(2)19-10(3)16(5,6)12-7-13(17)14(8-15(12)19)18-11(4)20/h7-10H,1-6H3,(H,18,20). The first-order valence-corrected chi connectivity index (χ1v) is 8.14. The molecule has 2 rings (SSSR count). The van der Waals surface area contributed by atoms with Crippen LogP contribution < -0.4 is 10.2 Å². The van der Waals surface area contributed by atoms with Gasteiger partial charge in [0.2, 0.25) is 5.91 Å². The Morgan fingerprint density at radius 3 is 2.50 bits per heavy atom. The largest absolute Gasteiger partial charge is 0.365 e. The van der Waals surface area contributed by atoms with Crippen LogP contribution in [0.2, 0.25) is 0 Å². The van der Waals surface area contributed by atoms with Gasteiger partial charge in [0.25, 0.3) is 0 Å². The Kier molecular flexibility index (Phi) is 4.06. The van der Waals surface area contributed by atoms with E-state index in [2.05, 4.69) is 79.6 Å². The summed E-state index contributed by atoms with van der Waals surface area (Å²) in [6, 6.07) is 5.24. The van der Waals surface area contributed by atoms with Gasteiger partial charge in [0.15, 0.2) is 0 Å². The summed E-state index contributed by atoms with van der Waals surface area (Å²) in [6.07, 6.45) is 0. The molecular formula is C16H23IN2O. The maximum absolute atomic E-state index is 11.3. The Morgan fingerprint density at radius 2 is 2.00 bits per heavy atom. The fourth-order valence-corrected chi connectivity index (χ4v) is 3.69. The van der Waals surface area contributed by atoms with Crippen LogP contribution >= 0.6 is 22.6 Å². The molecule has 1 aliphatic heterocycles. The van der Waals surface area contributed by atoms with Gasteiger partial charge in [0, 0.05) is 33.7 Å². The third-order valence-electron chi connectivity index (χ3n) is 4.39. The molecule has 0 aromatic heterocycles. The molecule has 1 N–H and O–H groups in total. The van der Waals surface area contributed by atoms with E-state index in [1.54, 1.807) is 6.92 Å². The normalized spacial score (nSPS) is 20.2. The van der Waals surface area contributed by atoms with Crippen LogP contribution in [-0.4, -0.2) is 18.0 Å². The molecule has 3 nitrogen and oxygen atoms in total. The monoisotopic (exact) mass is 386 g/mol. The van der Waals surface area contributed by atoms with E-state index >= 15 is 0 Å². The fourth-order valence-electron chi connectivity index (χ4n) is 3.08. The highest BCUT2D eigenvalue weighted by molar-refractivity contribution is 14.1. The molecule has 0 radical (unpaired) electrons. The number of carbonyl (C=O) groups excluding carboxylic acids is 1. The first-order chi connectivity index (χ1) is 9.16. The van der Waals surface area contributed by atoms with Gasteiger partial charge in [-0.3, -0.25) is 4.79 Å². The summed E-state index contributed by atoms with van der Waals surface area (Å²) in [7, 11) is 0. The first-order valence-electron chi connectivity index (χ1n) is 7.06. The zero-order chi connectivity index (χ0) is 15.2. The quantitative estimate of drug-likeness (QED) is 0.775. The summed E-state index contributed by atoms with van der Waals surface area (Å²) in [5, 5.41) is 2.93. The molecule has 1 heterocycles. The maximum Gasteiger partial charge on any atom is 0.221 e. The minimum Gasteiger partial charge on any atom is -0.365 e. The average Bonchev–Trinajstić information content (AvgIpc) is 2.48. The molecule has 1 aliphatic rings. The van der Waals surface area contributed by atoms with Gasteiger partial charge in [0.1, 0.15) is 0 Å². The van der Waals surface area contributed by atoms with E-state index in [-0.39, 0.29) is 11.3 Å². The number of nitrogens with zero attached hydrogens (tertiary/aromatic N) is 1. The van der Waals surface area contributed by atoms with Crippen LogP contribution in [0.25, 0.3) is 0 Å². The number of rotatable bonds is 2. The number of hydrogen-bond acceptors (Lipinski definition) is 2. The van der Waals surface area contributed by atoms with Crippen molar-refractivity contribution in [1.82, 2.24) is 0 Å². The topological polar surface area (TPSA) is 32.3 Å². The summed E-state index contributed by atoms with van der Waals surface area (Å²) in [6.45, 7) is 12.9. The highest BCUT2D eigenvalue weighted by Crippen LogP contribution is 2.48. The number of fused-ring (bicyclic) bond motifs is 1. The van der Waals surface area contributed by atoms with Crippen LogP contribution in [0.5, 0.6) is 0 Å². The third-order valence-corrected chi connectivity index (χ3v) is 5.28. The SMILES string of the molecule is CC(=O)Nc1cc2c(cc1I)C(C)(C)C(C)N2C(C)C. The Labute approximate surface area is 135 Å². The lowest BCUT2D eigenvalue weighted by Crippen LogP contribution is -2.42. The van der Waals surface area contributed by atoms with Crippen molar-refractivity contribution in [1.29, 1.82) is 0 Å². The van der Waals surface area contributed by atoms with Gasteiger partial charge in [-0.05, 0) is 61.1 Å². The van der Waals surface area contributed by atoms with Gasteiger partial charge < -0.3 is 10.2 Å². The van der Waals surface area contributed by atoms with E-state index in [1.807, 2.05) is 0 Å². The van der Waals surface area contributed by atoms with Gasteiger partial charge in [-0.1, -0.05) is 13.8 Å². The van der Waals surface area contributed by atoms with Crippen LogP contribution in [0.3, 0.4) is 0 Å². The van der Waals surface area contributed by atoms with Crippen molar-refractivity contribution in [3.63, 3.8) is 0 Å². The highest BCUT2D eigenvalue weighted by atomic mass is 127. The van der Waals surface area contributed by atoms with Crippen molar-refractivity contribution in [2.24, 2.45) is 0 Å². The lowest BCUT2D eigenvalue weighted by atomic mass is 9.81. The zero-order valence-corrected chi connectivity index (χ0v) is 15.2. The van der Waals surface area contributed by atoms with Crippen molar-refractivity contribution in [2.45, 2.75) is 59.0 Å². The zero-order valence-electron chi connectivity index (χ0n) is 13.0. The molecule has 4 heteroatoms. The van der Waals surface area contributed by atoms with Crippen molar-refractivity contribution >= 4 is 39.9 Å². The molecular weight excluding hydrogens is 363 g/mol. The lowest BCUT2D eigenvalue weighted by Gasteiger charge is -2.34. The van der Waals surface area contributed by atoms with Crippen molar-refractivity contribution in [3.8, 4) is 0 Å². The number of hydrogen-bond donors (Lipinski definition) is 1. The van der Waals surface area contributed by atoms with E-state index in [0.29, 0.717) is 12.1 Å². The van der Waals surface area contributed by atoms with Crippen LogP contribution in [-0.2, 0) is 10.2 Å². The smallest absolute Gasteiger partial charge is 0.221 e. The van der Waals surface area contributed by atoms with E-state index in [4.69, 9.17) is 0 Å². The number of halogens is 1. The van der Waals surface area contributed by atoms with Gasteiger partial charge in [-0.25, -0.2) is 0 Å². The number of benzene rings is 1. The second-order valence-electron chi connectivity index (χ2n) is 6.43. The molecule has 0 saturated carbocycles. The van der Waals surface area contributed by atoms with Crippen LogP contribution in [0, 0.1) is 3.57 Å². The second kappa shape index (κ2) is 5.20. The Balaban J connectivity index is 2.60. The van der Waals surface area contributed by atoms with Gasteiger partial charge in [-0.2, -0.15) is 0 Å². The van der Waals surface area contributed by atoms with E-state index in [9.17, 15) is 4.79 Å². The summed E-state index contributed by atoms with van der Waals surface area (Å²) in [5.41, 5.74) is 3.65. The third kappa shape index (κ3) is 2.43. The average molecular weight is 386 g/mol. The molecule has 1 aromatic carbocycles. The highest BCUT2D eigenvalue weighted by Gasteiger charge is 2.43. The predicted molar refractivity (Wildman–Crippen MR) is 93.6 cm³/mol.